The van der Waals surface area contributed by atoms with Crippen molar-refractivity contribution in [3.8, 4) is 0 Å². The van der Waals surface area contributed by atoms with E-state index in [0.717, 1.165) is 5.56 Å². The van der Waals surface area contributed by atoms with Crippen molar-refractivity contribution in [2.75, 3.05) is 0 Å². The van der Waals surface area contributed by atoms with E-state index >= 15 is 0 Å². The molecule has 0 unspecified atom stereocenters. The van der Waals surface area contributed by atoms with Crippen LogP contribution in [0.4, 0.5) is 4.39 Å². The molecule has 2 aromatic carbocycles. The molecule has 2 aromatic rings. The number of carbonyl (C=O) groups is 2. The number of ketones is 1. The van der Waals surface area contributed by atoms with Crippen LogP contribution in [0.5, 0.6) is 0 Å². The van der Waals surface area contributed by atoms with Crippen LogP contribution in [0.2, 0.25) is 0 Å². The maximum Gasteiger partial charge on any atom is 0.303 e. The number of benzene rings is 2. The summed E-state index contributed by atoms with van der Waals surface area (Å²) in [5.41, 5.74) is 2.17. The molecule has 0 radical (unpaired) electrons. The van der Waals surface area contributed by atoms with Gasteiger partial charge in [0.1, 0.15) is 5.82 Å². The van der Waals surface area contributed by atoms with Gasteiger partial charge in [0.2, 0.25) is 0 Å². The van der Waals surface area contributed by atoms with Crippen molar-refractivity contribution in [2.45, 2.75) is 19.3 Å². The van der Waals surface area contributed by atoms with Crippen molar-refractivity contribution in [3.05, 3.63) is 77.1 Å². The number of hydrogen-bond donors (Lipinski definition) is 1. The average Bonchev–Trinajstić information content (AvgIpc) is 2.53. The van der Waals surface area contributed by atoms with Crippen LogP contribution in [-0.2, 0) is 11.2 Å². The van der Waals surface area contributed by atoms with E-state index in [9.17, 15) is 14.0 Å². The van der Waals surface area contributed by atoms with Crippen molar-refractivity contribution in [2.24, 2.45) is 0 Å². The standard InChI is InChI=1S/C19H17FO3/c20-17-5-1-4-15(13-17)9-12-18(21)16-10-7-14(8-11-16)3-2-6-19(22)23/h1,4-5,7-13H,2-3,6H2,(H,22,23). The zero-order valence-corrected chi connectivity index (χ0v) is 12.5. The zero-order valence-electron chi connectivity index (χ0n) is 12.5. The van der Waals surface area contributed by atoms with Crippen LogP contribution in [0.3, 0.4) is 0 Å². The van der Waals surface area contributed by atoms with Crippen molar-refractivity contribution >= 4 is 17.8 Å². The Balaban J connectivity index is 1.96. The van der Waals surface area contributed by atoms with Crippen molar-refractivity contribution < 1.29 is 19.1 Å². The molecule has 0 heterocycles. The number of carboxylic acids is 1. The van der Waals surface area contributed by atoms with Gasteiger partial charge in [0.05, 0.1) is 0 Å². The summed E-state index contributed by atoms with van der Waals surface area (Å²) in [6, 6.07) is 13.1. The van der Waals surface area contributed by atoms with Crippen LogP contribution in [0.15, 0.2) is 54.6 Å². The number of allylic oxidation sites excluding steroid dienone is 1. The number of aryl methyl sites for hydroxylation is 1. The van der Waals surface area contributed by atoms with Crippen LogP contribution in [0, 0.1) is 5.82 Å². The summed E-state index contributed by atoms with van der Waals surface area (Å²) in [7, 11) is 0. The van der Waals surface area contributed by atoms with Gasteiger partial charge in [-0.1, -0.05) is 42.5 Å². The van der Waals surface area contributed by atoms with Crippen molar-refractivity contribution in [3.63, 3.8) is 0 Å². The lowest BCUT2D eigenvalue weighted by atomic mass is 10.0. The maximum atomic E-state index is 13.1. The van der Waals surface area contributed by atoms with Crippen LogP contribution in [-0.4, -0.2) is 16.9 Å². The first-order valence-corrected chi connectivity index (χ1v) is 7.33. The molecule has 1 N–H and O–H groups in total. The molecule has 0 aliphatic carbocycles. The Morgan fingerprint density at radius 3 is 2.48 bits per heavy atom. The minimum absolute atomic E-state index is 0.136. The average molecular weight is 312 g/mol. The summed E-state index contributed by atoms with van der Waals surface area (Å²) < 4.78 is 13.1. The van der Waals surface area contributed by atoms with E-state index in [2.05, 4.69) is 0 Å². The first-order chi connectivity index (χ1) is 11.0. The Bertz CT molecular complexity index is 718. The predicted octanol–water partition coefficient (Wildman–Crippen LogP) is 4.13. The topological polar surface area (TPSA) is 54.4 Å². The van der Waals surface area contributed by atoms with Crippen LogP contribution < -0.4 is 0 Å². The normalized spacial score (nSPS) is 10.8. The molecule has 0 spiro atoms. The maximum absolute atomic E-state index is 13.1. The second-order valence-electron chi connectivity index (χ2n) is 5.20. The molecule has 3 nitrogen and oxygen atoms in total. The summed E-state index contributed by atoms with van der Waals surface area (Å²) in [5, 5.41) is 8.60. The van der Waals surface area contributed by atoms with Crippen LogP contribution >= 0.6 is 0 Å². The Morgan fingerprint density at radius 1 is 1.09 bits per heavy atom. The van der Waals surface area contributed by atoms with E-state index in [0.29, 0.717) is 24.0 Å². The monoisotopic (exact) mass is 312 g/mol. The molecular formula is C19H17FO3. The summed E-state index contributed by atoms with van der Waals surface area (Å²) >= 11 is 0. The molecule has 23 heavy (non-hydrogen) atoms. The van der Waals surface area contributed by atoms with Gasteiger partial charge in [0, 0.05) is 12.0 Å². The highest BCUT2D eigenvalue weighted by Crippen LogP contribution is 2.11. The smallest absolute Gasteiger partial charge is 0.303 e. The molecule has 4 heteroatoms. The largest absolute Gasteiger partial charge is 0.481 e. The van der Waals surface area contributed by atoms with Crippen molar-refractivity contribution in [1.29, 1.82) is 0 Å². The lowest BCUT2D eigenvalue weighted by molar-refractivity contribution is -0.137. The molecular weight excluding hydrogens is 295 g/mol. The third-order valence-corrected chi connectivity index (χ3v) is 3.37. The number of hydrogen-bond acceptors (Lipinski definition) is 2. The van der Waals surface area contributed by atoms with E-state index in [-0.39, 0.29) is 18.0 Å². The van der Waals surface area contributed by atoms with Gasteiger partial charge in [0.25, 0.3) is 0 Å². The predicted molar refractivity (Wildman–Crippen MR) is 86.8 cm³/mol. The summed E-state index contributed by atoms with van der Waals surface area (Å²) in [6.07, 6.45) is 4.36. The van der Waals surface area contributed by atoms with Gasteiger partial charge in [-0.15, -0.1) is 0 Å². The Morgan fingerprint density at radius 2 is 1.83 bits per heavy atom. The van der Waals surface area contributed by atoms with Gasteiger partial charge in [-0.2, -0.15) is 0 Å². The highest BCUT2D eigenvalue weighted by atomic mass is 19.1. The van der Waals surface area contributed by atoms with Crippen LogP contribution in [0.1, 0.15) is 34.3 Å². The quantitative estimate of drug-likeness (QED) is 0.618. The highest BCUT2D eigenvalue weighted by Gasteiger charge is 2.03. The summed E-state index contributed by atoms with van der Waals surface area (Å²) in [6.45, 7) is 0. The van der Waals surface area contributed by atoms with E-state index in [1.54, 1.807) is 30.3 Å². The molecule has 0 bridgehead atoms. The zero-order chi connectivity index (χ0) is 16.7. The molecule has 0 atom stereocenters. The molecule has 0 saturated heterocycles. The SMILES string of the molecule is O=C(O)CCCc1ccc(C(=O)C=Cc2cccc(F)c2)cc1. The number of rotatable bonds is 7. The van der Waals surface area contributed by atoms with E-state index in [1.807, 2.05) is 12.1 Å². The van der Waals surface area contributed by atoms with Crippen LogP contribution in [0.25, 0.3) is 6.08 Å². The fourth-order valence-electron chi connectivity index (χ4n) is 2.16. The van der Waals surface area contributed by atoms with E-state index < -0.39 is 5.97 Å². The Kier molecular flexibility index (Phi) is 5.80. The molecule has 0 saturated carbocycles. The minimum atomic E-state index is -0.806. The van der Waals surface area contributed by atoms with Gasteiger partial charge >= 0.3 is 5.97 Å². The first kappa shape index (κ1) is 16.6. The first-order valence-electron chi connectivity index (χ1n) is 7.33. The van der Waals surface area contributed by atoms with Gasteiger partial charge in [-0.05, 0) is 42.2 Å². The summed E-state index contributed by atoms with van der Waals surface area (Å²) in [5.74, 6) is -1.31. The Hall–Kier alpha value is -2.75. The molecule has 118 valence electrons. The number of aliphatic carboxylic acids is 1. The molecule has 2 rings (SSSR count). The van der Waals surface area contributed by atoms with Gasteiger partial charge < -0.3 is 5.11 Å². The van der Waals surface area contributed by atoms with E-state index in [4.69, 9.17) is 5.11 Å². The molecule has 0 aliphatic heterocycles. The van der Waals surface area contributed by atoms with Gasteiger partial charge in [0.15, 0.2) is 5.78 Å². The van der Waals surface area contributed by atoms with E-state index in [1.165, 1.54) is 18.2 Å². The molecule has 0 fully saturated rings. The molecule has 0 aliphatic rings. The Labute approximate surface area is 134 Å². The highest BCUT2D eigenvalue weighted by molar-refractivity contribution is 6.06. The lowest BCUT2D eigenvalue weighted by Gasteiger charge is -2.01. The number of carbonyl (C=O) groups excluding carboxylic acids is 1. The molecule has 0 aromatic heterocycles. The summed E-state index contributed by atoms with van der Waals surface area (Å²) in [4.78, 5) is 22.5. The lowest BCUT2D eigenvalue weighted by Crippen LogP contribution is -1.97. The third-order valence-electron chi connectivity index (χ3n) is 3.37. The third kappa shape index (κ3) is 5.51. The molecule has 0 amide bonds. The van der Waals surface area contributed by atoms with Gasteiger partial charge in [-0.25, -0.2) is 4.39 Å². The fraction of sp³-hybridized carbons (Fsp3) is 0.158. The minimum Gasteiger partial charge on any atom is -0.481 e. The van der Waals surface area contributed by atoms with Crippen molar-refractivity contribution in [1.82, 2.24) is 0 Å². The fourth-order valence-corrected chi connectivity index (χ4v) is 2.16. The number of halogens is 1. The van der Waals surface area contributed by atoms with Gasteiger partial charge in [-0.3, -0.25) is 9.59 Å². The second kappa shape index (κ2) is 8.03. The number of carboxylic acid groups (broad SMARTS) is 1. The second-order valence-corrected chi connectivity index (χ2v) is 5.20.